The van der Waals surface area contributed by atoms with Crippen LogP contribution in [0.3, 0.4) is 0 Å². The molecule has 6 nitrogen and oxygen atoms in total. The van der Waals surface area contributed by atoms with Gasteiger partial charge in [0, 0.05) is 56.5 Å². The summed E-state index contributed by atoms with van der Waals surface area (Å²) in [7, 11) is 1.76. The van der Waals surface area contributed by atoms with Crippen molar-refractivity contribution in [2.24, 2.45) is 0 Å². The molecule has 0 fully saturated rings. The predicted molar refractivity (Wildman–Crippen MR) is 82.6 cm³/mol. The van der Waals surface area contributed by atoms with E-state index in [4.69, 9.17) is 14.4 Å². The second kappa shape index (κ2) is 6.22. The zero-order valence-corrected chi connectivity index (χ0v) is 13.8. The number of hydrogen-bond donors (Lipinski definition) is 0. The molecule has 1 atom stereocenters. The highest BCUT2D eigenvalue weighted by Gasteiger charge is 2.29. The molecule has 0 radical (unpaired) electrons. The molecule has 0 bridgehead atoms. The highest BCUT2D eigenvalue weighted by atomic mass is 16.5. The maximum atomic E-state index is 5.42. The Kier molecular flexibility index (Phi) is 4.31. The Morgan fingerprint density at radius 3 is 2.86 bits per heavy atom. The summed E-state index contributed by atoms with van der Waals surface area (Å²) >= 11 is 0. The maximum absolute atomic E-state index is 5.42. The Balaban J connectivity index is 1.83. The number of aromatic nitrogens is 3. The first kappa shape index (κ1) is 15.2. The van der Waals surface area contributed by atoms with Crippen molar-refractivity contribution in [3.63, 3.8) is 0 Å². The molecule has 3 heterocycles. The number of methoxy groups -OCH3 is 1. The quantitative estimate of drug-likeness (QED) is 0.848. The lowest BCUT2D eigenvalue weighted by Gasteiger charge is -2.31. The molecule has 3 rings (SSSR count). The summed E-state index contributed by atoms with van der Waals surface area (Å²) in [4.78, 5) is 2.41. The van der Waals surface area contributed by atoms with Gasteiger partial charge in [-0.15, -0.1) is 0 Å². The first-order chi connectivity index (χ1) is 10.6. The van der Waals surface area contributed by atoms with Gasteiger partial charge in [0.15, 0.2) is 0 Å². The molecule has 1 aliphatic rings. The van der Waals surface area contributed by atoms with Crippen LogP contribution in [-0.4, -0.2) is 40.1 Å². The van der Waals surface area contributed by atoms with Crippen LogP contribution in [0.5, 0.6) is 0 Å². The molecule has 0 unspecified atom stereocenters. The number of fused-ring (bicyclic) bond motifs is 1. The van der Waals surface area contributed by atoms with Gasteiger partial charge in [-0.05, 0) is 20.8 Å². The van der Waals surface area contributed by atoms with Crippen molar-refractivity contribution >= 4 is 0 Å². The Morgan fingerprint density at radius 2 is 2.23 bits per heavy atom. The zero-order valence-electron chi connectivity index (χ0n) is 13.8. The van der Waals surface area contributed by atoms with Gasteiger partial charge in [-0.3, -0.25) is 9.58 Å². The van der Waals surface area contributed by atoms with Crippen LogP contribution < -0.4 is 0 Å². The molecule has 1 aliphatic heterocycles. The van der Waals surface area contributed by atoms with E-state index in [1.54, 1.807) is 7.11 Å². The maximum Gasteiger partial charge on any atom is 0.138 e. The fourth-order valence-electron chi connectivity index (χ4n) is 3.20. The monoisotopic (exact) mass is 304 g/mol. The predicted octanol–water partition coefficient (Wildman–Crippen LogP) is 2.25. The van der Waals surface area contributed by atoms with Gasteiger partial charge in [0.05, 0.1) is 18.0 Å². The third-order valence-electron chi connectivity index (χ3n) is 4.42. The van der Waals surface area contributed by atoms with Crippen molar-refractivity contribution in [2.45, 2.75) is 46.3 Å². The van der Waals surface area contributed by atoms with E-state index in [9.17, 15) is 0 Å². The Morgan fingerprint density at radius 1 is 1.41 bits per heavy atom. The van der Waals surface area contributed by atoms with Gasteiger partial charge in [0.1, 0.15) is 5.76 Å². The smallest absolute Gasteiger partial charge is 0.138 e. The van der Waals surface area contributed by atoms with Crippen LogP contribution >= 0.6 is 0 Å². The first-order valence-corrected chi connectivity index (χ1v) is 7.81. The summed E-state index contributed by atoms with van der Waals surface area (Å²) in [6.07, 6.45) is 2.17. The van der Waals surface area contributed by atoms with Crippen molar-refractivity contribution < 1.29 is 9.26 Å². The third-order valence-corrected chi connectivity index (χ3v) is 4.42. The standard InChI is InChI=1S/C16H24N4O2/c1-5-20-8-15-13(10-21-4)6-19(9-16(15)17-20)7-14-11(2)18-22-12(14)3/h8,13H,5-7,9-10H2,1-4H3/t13-/m1/s1. The molecule has 2 aromatic rings. The zero-order chi connectivity index (χ0) is 15.7. The second-order valence-electron chi connectivity index (χ2n) is 6.01. The molecule has 6 heteroatoms. The van der Waals surface area contributed by atoms with Gasteiger partial charge < -0.3 is 9.26 Å². The summed E-state index contributed by atoms with van der Waals surface area (Å²) in [5.41, 5.74) is 4.67. The minimum atomic E-state index is 0.370. The molecule has 120 valence electrons. The van der Waals surface area contributed by atoms with E-state index in [1.165, 1.54) is 16.8 Å². The van der Waals surface area contributed by atoms with E-state index in [-0.39, 0.29) is 0 Å². The average molecular weight is 304 g/mol. The molecule has 0 spiro atoms. The van der Waals surface area contributed by atoms with Crippen LogP contribution in [-0.2, 0) is 24.4 Å². The Bertz CT molecular complexity index is 627. The first-order valence-electron chi connectivity index (χ1n) is 7.81. The third kappa shape index (κ3) is 2.80. The van der Waals surface area contributed by atoms with Crippen molar-refractivity contribution in [3.05, 3.63) is 34.5 Å². The molecule has 0 N–H and O–H groups in total. The van der Waals surface area contributed by atoms with Gasteiger partial charge >= 0.3 is 0 Å². The van der Waals surface area contributed by atoms with E-state index < -0.39 is 0 Å². The summed E-state index contributed by atoms with van der Waals surface area (Å²) in [6, 6.07) is 0. The molecule has 2 aromatic heterocycles. The highest BCUT2D eigenvalue weighted by molar-refractivity contribution is 5.27. The number of hydrogen-bond acceptors (Lipinski definition) is 5. The van der Waals surface area contributed by atoms with E-state index in [0.29, 0.717) is 5.92 Å². The molecule has 22 heavy (non-hydrogen) atoms. The van der Waals surface area contributed by atoms with Crippen LogP contribution in [0, 0.1) is 13.8 Å². The fourth-order valence-corrected chi connectivity index (χ4v) is 3.20. The summed E-state index contributed by atoms with van der Waals surface area (Å²) in [5.74, 6) is 1.28. The van der Waals surface area contributed by atoms with E-state index >= 15 is 0 Å². The Labute approximate surface area is 131 Å². The summed E-state index contributed by atoms with van der Waals surface area (Å²) < 4.78 is 12.7. The van der Waals surface area contributed by atoms with Crippen molar-refractivity contribution in [3.8, 4) is 0 Å². The minimum absolute atomic E-state index is 0.370. The topological polar surface area (TPSA) is 56.3 Å². The van der Waals surface area contributed by atoms with Gasteiger partial charge in [-0.1, -0.05) is 5.16 Å². The van der Waals surface area contributed by atoms with Crippen LogP contribution in [0.25, 0.3) is 0 Å². The van der Waals surface area contributed by atoms with Gasteiger partial charge in [0.25, 0.3) is 0 Å². The lowest BCUT2D eigenvalue weighted by atomic mass is 9.95. The van der Waals surface area contributed by atoms with Gasteiger partial charge in [-0.25, -0.2) is 0 Å². The fraction of sp³-hybridized carbons (Fsp3) is 0.625. The normalized spacial score (nSPS) is 18.6. The molecule has 0 aromatic carbocycles. The van der Waals surface area contributed by atoms with Crippen LogP contribution in [0.2, 0.25) is 0 Å². The van der Waals surface area contributed by atoms with Gasteiger partial charge in [0.2, 0.25) is 0 Å². The van der Waals surface area contributed by atoms with E-state index in [2.05, 4.69) is 23.2 Å². The molecular weight excluding hydrogens is 280 g/mol. The molecular formula is C16H24N4O2. The molecule has 0 saturated heterocycles. The van der Waals surface area contributed by atoms with Crippen LogP contribution in [0.15, 0.2) is 10.7 Å². The lowest BCUT2D eigenvalue weighted by Crippen LogP contribution is -2.34. The van der Waals surface area contributed by atoms with Gasteiger partial charge in [-0.2, -0.15) is 5.10 Å². The molecule has 0 amide bonds. The average Bonchev–Trinajstić information content (AvgIpc) is 3.06. The molecule has 0 saturated carbocycles. The number of rotatable bonds is 5. The summed E-state index contributed by atoms with van der Waals surface area (Å²) in [6.45, 7) is 10.4. The summed E-state index contributed by atoms with van der Waals surface area (Å²) in [5, 5.41) is 8.76. The van der Waals surface area contributed by atoms with Crippen LogP contribution in [0.1, 0.15) is 41.1 Å². The minimum Gasteiger partial charge on any atom is -0.384 e. The van der Waals surface area contributed by atoms with Crippen molar-refractivity contribution in [1.82, 2.24) is 19.8 Å². The van der Waals surface area contributed by atoms with Crippen molar-refractivity contribution in [2.75, 3.05) is 20.3 Å². The molecule has 0 aliphatic carbocycles. The van der Waals surface area contributed by atoms with Crippen LogP contribution in [0.4, 0.5) is 0 Å². The largest absolute Gasteiger partial charge is 0.384 e. The van der Waals surface area contributed by atoms with E-state index in [1.807, 2.05) is 18.5 Å². The SMILES string of the molecule is CCn1cc2c(n1)CN(Cc1c(C)noc1C)C[C@@H]2COC. The number of aryl methyl sites for hydroxylation is 3. The van der Waals surface area contributed by atoms with Crippen molar-refractivity contribution in [1.29, 1.82) is 0 Å². The van der Waals surface area contributed by atoms with E-state index in [0.717, 1.165) is 44.2 Å². The highest BCUT2D eigenvalue weighted by Crippen LogP contribution is 2.29. The Hall–Kier alpha value is -1.66. The lowest BCUT2D eigenvalue weighted by molar-refractivity contribution is 0.135. The second-order valence-corrected chi connectivity index (χ2v) is 6.01. The number of ether oxygens (including phenoxy) is 1. The number of nitrogens with zero attached hydrogens (tertiary/aromatic N) is 4.